The van der Waals surface area contributed by atoms with Gasteiger partial charge in [-0.3, -0.25) is 4.98 Å². The summed E-state index contributed by atoms with van der Waals surface area (Å²) in [5, 5.41) is 0. The van der Waals surface area contributed by atoms with Crippen LogP contribution in [-0.4, -0.2) is 4.98 Å². The van der Waals surface area contributed by atoms with Crippen molar-refractivity contribution >= 4 is 15.9 Å². The van der Waals surface area contributed by atoms with Crippen molar-refractivity contribution in [2.75, 3.05) is 0 Å². The van der Waals surface area contributed by atoms with Gasteiger partial charge in [0.05, 0.1) is 0 Å². The minimum absolute atomic E-state index is 0.118. The molecule has 1 aromatic rings. The Balaban J connectivity index is 2.93. The maximum atomic E-state index is 5.84. The first kappa shape index (κ1) is 8.68. The van der Waals surface area contributed by atoms with Crippen molar-refractivity contribution in [2.45, 2.75) is 19.4 Å². The molecular weight excluding hydrogens is 204 g/mol. The minimum Gasteiger partial charge on any atom is -0.324 e. The molecule has 1 aromatic heterocycles. The quantitative estimate of drug-likeness (QED) is 0.821. The van der Waals surface area contributed by atoms with Gasteiger partial charge in [-0.1, -0.05) is 6.92 Å². The van der Waals surface area contributed by atoms with Crippen LogP contribution in [0.3, 0.4) is 0 Å². The van der Waals surface area contributed by atoms with Crippen molar-refractivity contribution < 1.29 is 0 Å². The van der Waals surface area contributed by atoms with Crippen LogP contribution in [0.25, 0.3) is 0 Å². The van der Waals surface area contributed by atoms with E-state index >= 15 is 0 Å². The Hall–Kier alpha value is -0.410. The number of nitrogens with two attached hydrogens (primary N) is 1. The lowest BCUT2D eigenvalue weighted by molar-refractivity contribution is 0.694. The van der Waals surface area contributed by atoms with Gasteiger partial charge >= 0.3 is 0 Å². The van der Waals surface area contributed by atoms with Crippen LogP contribution in [0.5, 0.6) is 0 Å². The summed E-state index contributed by atoms with van der Waals surface area (Å²) in [5.74, 6) is 0. The molecule has 0 bridgehead atoms. The fourth-order valence-electron chi connectivity index (χ4n) is 0.907. The van der Waals surface area contributed by atoms with Crippen molar-refractivity contribution in [3.63, 3.8) is 0 Å². The van der Waals surface area contributed by atoms with E-state index in [0.29, 0.717) is 0 Å². The van der Waals surface area contributed by atoms with Crippen LogP contribution in [0.4, 0.5) is 0 Å². The molecule has 0 fully saturated rings. The van der Waals surface area contributed by atoms with Crippen molar-refractivity contribution in [1.29, 1.82) is 0 Å². The lowest BCUT2D eigenvalue weighted by atomic mass is 10.1. The van der Waals surface area contributed by atoms with Crippen LogP contribution in [0.15, 0.2) is 22.9 Å². The normalized spacial score (nSPS) is 13.0. The maximum absolute atomic E-state index is 5.84. The summed E-state index contributed by atoms with van der Waals surface area (Å²) in [7, 11) is 0. The number of halogens is 1. The molecule has 0 aliphatic heterocycles. The highest BCUT2D eigenvalue weighted by Gasteiger charge is 2.05. The first-order valence-electron chi connectivity index (χ1n) is 3.60. The highest BCUT2D eigenvalue weighted by molar-refractivity contribution is 9.10. The zero-order valence-corrected chi connectivity index (χ0v) is 8.01. The summed E-state index contributed by atoms with van der Waals surface area (Å²) in [5.41, 5.74) is 6.96. The van der Waals surface area contributed by atoms with Gasteiger partial charge in [-0.25, -0.2) is 0 Å². The van der Waals surface area contributed by atoms with Crippen molar-refractivity contribution in [3.8, 4) is 0 Å². The fourth-order valence-corrected chi connectivity index (χ4v) is 1.45. The van der Waals surface area contributed by atoms with Gasteiger partial charge in [0.25, 0.3) is 0 Å². The lowest BCUT2D eigenvalue weighted by Gasteiger charge is -2.09. The smallest absolute Gasteiger partial charge is 0.0413 e. The van der Waals surface area contributed by atoms with Gasteiger partial charge in [0.15, 0.2) is 0 Å². The first-order valence-corrected chi connectivity index (χ1v) is 4.40. The van der Waals surface area contributed by atoms with Gasteiger partial charge in [0.2, 0.25) is 0 Å². The van der Waals surface area contributed by atoms with Crippen LogP contribution in [0.1, 0.15) is 24.9 Å². The van der Waals surface area contributed by atoms with E-state index in [1.165, 1.54) is 0 Å². The third-order valence-electron chi connectivity index (χ3n) is 1.64. The predicted molar refractivity (Wildman–Crippen MR) is 49.2 cm³/mol. The van der Waals surface area contributed by atoms with E-state index in [4.69, 9.17) is 5.73 Å². The SMILES string of the molecule is CC[C@@H](N)c1ccncc1Br. The average Bonchev–Trinajstić information content (AvgIpc) is 2.04. The summed E-state index contributed by atoms with van der Waals surface area (Å²) in [6.07, 6.45) is 4.48. The maximum Gasteiger partial charge on any atom is 0.0413 e. The molecule has 0 unspecified atom stereocenters. The molecule has 1 atom stereocenters. The summed E-state index contributed by atoms with van der Waals surface area (Å²) in [6, 6.07) is 2.06. The van der Waals surface area contributed by atoms with Crippen LogP contribution in [-0.2, 0) is 0 Å². The van der Waals surface area contributed by atoms with Gasteiger partial charge in [-0.05, 0) is 34.0 Å². The third-order valence-corrected chi connectivity index (χ3v) is 2.31. The van der Waals surface area contributed by atoms with Crippen LogP contribution >= 0.6 is 15.9 Å². The van der Waals surface area contributed by atoms with Crippen LogP contribution in [0.2, 0.25) is 0 Å². The summed E-state index contributed by atoms with van der Waals surface area (Å²) in [6.45, 7) is 2.07. The molecule has 0 amide bonds. The Morgan fingerprint density at radius 3 is 3.00 bits per heavy atom. The Labute approximate surface area is 75.0 Å². The molecule has 1 rings (SSSR count). The molecule has 0 saturated carbocycles. The number of hydrogen-bond acceptors (Lipinski definition) is 2. The van der Waals surface area contributed by atoms with Crippen molar-refractivity contribution in [2.24, 2.45) is 5.73 Å². The van der Waals surface area contributed by atoms with Crippen LogP contribution in [0, 0.1) is 0 Å². The lowest BCUT2D eigenvalue weighted by Crippen LogP contribution is -2.09. The Morgan fingerprint density at radius 2 is 2.45 bits per heavy atom. The fraction of sp³-hybridized carbons (Fsp3) is 0.375. The largest absolute Gasteiger partial charge is 0.324 e. The highest BCUT2D eigenvalue weighted by atomic mass is 79.9. The van der Waals surface area contributed by atoms with Gasteiger partial charge in [0.1, 0.15) is 0 Å². The molecule has 0 aliphatic rings. The molecule has 0 radical (unpaired) electrons. The molecule has 1 heterocycles. The molecule has 0 aromatic carbocycles. The molecule has 0 saturated heterocycles. The van der Waals surface area contributed by atoms with E-state index in [9.17, 15) is 0 Å². The Kier molecular flexibility index (Phi) is 3.02. The van der Waals surface area contributed by atoms with Crippen LogP contribution < -0.4 is 5.73 Å². The predicted octanol–water partition coefficient (Wildman–Crippen LogP) is 2.25. The van der Waals surface area contributed by atoms with Gasteiger partial charge in [-0.2, -0.15) is 0 Å². The second-order valence-corrected chi connectivity index (χ2v) is 3.27. The molecule has 0 aliphatic carbocycles. The summed E-state index contributed by atoms with van der Waals surface area (Å²) < 4.78 is 0.995. The third kappa shape index (κ3) is 2.01. The monoisotopic (exact) mass is 214 g/mol. The van der Waals surface area contributed by atoms with E-state index in [-0.39, 0.29) is 6.04 Å². The first-order chi connectivity index (χ1) is 5.25. The van der Waals surface area contributed by atoms with Gasteiger partial charge in [0, 0.05) is 22.9 Å². The molecule has 3 heteroatoms. The van der Waals surface area contributed by atoms with Crippen molar-refractivity contribution in [3.05, 3.63) is 28.5 Å². The zero-order valence-electron chi connectivity index (χ0n) is 6.42. The second kappa shape index (κ2) is 3.83. The standard InChI is InChI=1S/C8H11BrN2/c1-2-8(10)6-3-4-11-5-7(6)9/h3-5,8H,2,10H2,1H3/t8-/m1/s1. The number of rotatable bonds is 2. The minimum atomic E-state index is 0.118. The van der Waals surface area contributed by atoms with E-state index in [1.54, 1.807) is 12.4 Å². The number of aromatic nitrogens is 1. The Morgan fingerprint density at radius 1 is 1.73 bits per heavy atom. The molecule has 2 N–H and O–H groups in total. The Bertz CT molecular complexity index is 237. The highest BCUT2D eigenvalue weighted by Crippen LogP contribution is 2.21. The second-order valence-electron chi connectivity index (χ2n) is 2.41. The van der Waals surface area contributed by atoms with E-state index < -0.39 is 0 Å². The summed E-state index contributed by atoms with van der Waals surface area (Å²) in [4.78, 5) is 3.96. The molecule has 2 nitrogen and oxygen atoms in total. The molecule has 60 valence electrons. The van der Waals surface area contributed by atoms with E-state index in [1.807, 2.05) is 6.07 Å². The van der Waals surface area contributed by atoms with Gasteiger partial charge in [-0.15, -0.1) is 0 Å². The summed E-state index contributed by atoms with van der Waals surface area (Å²) >= 11 is 3.40. The topological polar surface area (TPSA) is 38.9 Å². The molecular formula is C8H11BrN2. The molecule has 0 spiro atoms. The number of nitrogens with zero attached hydrogens (tertiary/aromatic N) is 1. The number of hydrogen-bond donors (Lipinski definition) is 1. The van der Waals surface area contributed by atoms with Gasteiger partial charge < -0.3 is 5.73 Å². The average molecular weight is 215 g/mol. The van der Waals surface area contributed by atoms with E-state index in [0.717, 1.165) is 16.5 Å². The van der Waals surface area contributed by atoms with E-state index in [2.05, 4.69) is 27.8 Å². The molecule has 11 heavy (non-hydrogen) atoms. The zero-order chi connectivity index (χ0) is 8.27. The van der Waals surface area contributed by atoms with Crippen molar-refractivity contribution in [1.82, 2.24) is 4.98 Å². The number of pyridine rings is 1.